The van der Waals surface area contributed by atoms with Crippen LogP contribution in [-0.2, 0) is 6.42 Å². The zero-order valence-corrected chi connectivity index (χ0v) is 12.3. The molecule has 0 saturated heterocycles. The van der Waals surface area contributed by atoms with E-state index in [2.05, 4.69) is 16.7 Å². The van der Waals surface area contributed by atoms with E-state index in [-0.39, 0.29) is 11.8 Å². The number of aromatic hydroxyl groups is 1. The van der Waals surface area contributed by atoms with Crippen molar-refractivity contribution >= 4 is 11.7 Å². The molecule has 2 amide bonds. The van der Waals surface area contributed by atoms with Crippen LogP contribution in [0.2, 0.25) is 0 Å². The van der Waals surface area contributed by atoms with Crippen molar-refractivity contribution in [2.24, 2.45) is 0 Å². The Hall–Kier alpha value is -2.49. The van der Waals surface area contributed by atoms with Gasteiger partial charge in [0.15, 0.2) is 0 Å². The third-order valence-electron chi connectivity index (χ3n) is 3.18. The first kappa shape index (κ1) is 14.9. The van der Waals surface area contributed by atoms with Crippen LogP contribution < -0.4 is 10.6 Å². The highest BCUT2D eigenvalue weighted by molar-refractivity contribution is 5.90. The fourth-order valence-electron chi connectivity index (χ4n) is 2.10. The second kappa shape index (κ2) is 6.79. The molecule has 0 atom stereocenters. The van der Waals surface area contributed by atoms with E-state index in [4.69, 9.17) is 0 Å². The van der Waals surface area contributed by atoms with Gasteiger partial charge in [0, 0.05) is 6.54 Å². The second-order valence-electron chi connectivity index (χ2n) is 5.14. The maximum atomic E-state index is 11.8. The van der Waals surface area contributed by atoms with Gasteiger partial charge in [-0.2, -0.15) is 0 Å². The Kier molecular flexibility index (Phi) is 4.82. The van der Waals surface area contributed by atoms with Crippen molar-refractivity contribution < 1.29 is 9.90 Å². The number of amides is 2. The molecule has 2 aromatic carbocycles. The van der Waals surface area contributed by atoms with Gasteiger partial charge in [-0.1, -0.05) is 35.9 Å². The highest BCUT2D eigenvalue weighted by Gasteiger charge is 2.05. The molecule has 0 unspecified atom stereocenters. The van der Waals surface area contributed by atoms with E-state index in [1.807, 2.05) is 32.0 Å². The van der Waals surface area contributed by atoms with Gasteiger partial charge in [-0.25, -0.2) is 4.79 Å². The standard InChI is InChI=1S/C17H20N2O2/c1-12-4-3-5-14(10-12)8-9-18-17(21)19-15-11-13(2)6-7-16(15)20/h3-7,10-11,20H,8-9H2,1-2H3,(H2,18,19,21). The van der Waals surface area contributed by atoms with Gasteiger partial charge < -0.3 is 15.7 Å². The summed E-state index contributed by atoms with van der Waals surface area (Å²) in [6, 6.07) is 13.0. The average Bonchev–Trinajstić information content (AvgIpc) is 2.43. The van der Waals surface area contributed by atoms with Crippen LogP contribution in [0.3, 0.4) is 0 Å². The van der Waals surface area contributed by atoms with Crippen LogP contribution in [0.25, 0.3) is 0 Å². The quantitative estimate of drug-likeness (QED) is 0.754. The van der Waals surface area contributed by atoms with Gasteiger partial charge in [-0.05, 0) is 43.5 Å². The molecule has 0 aliphatic rings. The van der Waals surface area contributed by atoms with Crippen molar-refractivity contribution in [2.45, 2.75) is 20.3 Å². The van der Waals surface area contributed by atoms with E-state index in [1.165, 1.54) is 11.1 Å². The average molecular weight is 284 g/mol. The van der Waals surface area contributed by atoms with Crippen molar-refractivity contribution in [3.63, 3.8) is 0 Å². The number of hydrogen-bond acceptors (Lipinski definition) is 2. The first-order valence-corrected chi connectivity index (χ1v) is 6.94. The van der Waals surface area contributed by atoms with Gasteiger partial charge in [0.25, 0.3) is 0 Å². The van der Waals surface area contributed by atoms with Crippen molar-refractivity contribution in [1.82, 2.24) is 5.32 Å². The minimum atomic E-state index is -0.316. The summed E-state index contributed by atoms with van der Waals surface area (Å²) in [6.07, 6.45) is 0.773. The zero-order valence-electron chi connectivity index (χ0n) is 12.3. The van der Waals surface area contributed by atoms with Crippen LogP contribution in [0.4, 0.5) is 10.5 Å². The highest BCUT2D eigenvalue weighted by atomic mass is 16.3. The topological polar surface area (TPSA) is 61.4 Å². The largest absolute Gasteiger partial charge is 0.506 e. The van der Waals surface area contributed by atoms with Gasteiger partial charge in [0.2, 0.25) is 0 Å². The van der Waals surface area contributed by atoms with Gasteiger partial charge in [0.05, 0.1) is 5.69 Å². The smallest absolute Gasteiger partial charge is 0.319 e. The molecule has 0 aliphatic heterocycles. The monoisotopic (exact) mass is 284 g/mol. The van der Waals surface area contributed by atoms with E-state index in [1.54, 1.807) is 18.2 Å². The first-order valence-electron chi connectivity index (χ1n) is 6.94. The molecule has 3 N–H and O–H groups in total. The van der Waals surface area contributed by atoms with Crippen molar-refractivity contribution in [2.75, 3.05) is 11.9 Å². The third kappa shape index (κ3) is 4.53. The van der Waals surface area contributed by atoms with E-state index < -0.39 is 0 Å². The summed E-state index contributed by atoms with van der Waals surface area (Å²) in [4.78, 5) is 11.8. The number of hydrogen-bond donors (Lipinski definition) is 3. The van der Waals surface area contributed by atoms with E-state index in [9.17, 15) is 9.90 Å². The van der Waals surface area contributed by atoms with Gasteiger partial charge in [-0.15, -0.1) is 0 Å². The number of nitrogens with one attached hydrogen (secondary N) is 2. The summed E-state index contributed by atoms with van der Waals surface area (Å²) in [7, 11) is 0. The number of urea groups is 1. The second-order valence-corrected chi connectivity index (χ2v) is 5.14. The lowest BCUT2D eigenvalue weighted by Crippen LogP contribution is -2.30. The minimum absolute atomic E-state index is 0.0643. The Morgan fingerprint density at radius 3 is 2.62 bits per heavy atom. The molecule has 0 bridgehead atoms. The summed E-state index contributed by atoms with van der Waals surface area (Å²) in [5.74, 6) is 0.0643. The fraction of sp³-hybridized carbons (Fsp3) is 0.235. The lowest BCUT2D eigenvalue weighted by molar-refractivity contribution is 0.252. The summed E-state index contributed by atoms with van der Waals surface area (Å²) < 4.78 is 0. The first-order chi connectivity index (χ1) is 10.0. The molecule has 0 fully saturated rings. The Morgan fingerprint density at radius 2 is 1.86 bits per heavy atom. The maximum Gasteiger partial charge on any atom is 0.319 e. The molecule has 0 saturated carbocycles. The Morgan fingerprint density at radius 1 is 1.10 bits per heavy atom. The predicted molar refractivity (Wildman–Crippen MR) is 84.7 cm³/mol. The zero-order chi connectivity index (χ0) is 15.2. The third-order valence-corrected chi connectivity index (χ3v) is 3.18. The summed E-state index contributed by atoms with van der Waals surface area (Å²) in [5, 5.41) is 15.1. The van der Waals surface area contributed by atoms with Crippen molar-refractivity contribution in [3.8, 4) is 5.75 Å². The lowest BCUT2D eigenvalue weighted by atomic mass is 10.1. The van der Waals surface area contributed by atoms with Crippen LogP contribution in [-0.4, -0.2) is 17.7 Å². The summed E-state index contributed by atoms with van der Waals surface area (Å²) in [6.45, 7) is 4.49. The van der Waals surface area contributed by atoms with E-state index >= 15 is 0 Å². The van der Waals surface area contributed by atoms with Crippen LogP contribution in [0.5, 0.6) is 5.75 Å². The molecular formula is C17H20N2O2. The number of carbonyl (C=O) groups excluding carboxylic acids is 1. The molecule has 4 nitrogen and oxygen atoms in total. The van der Waals surface area contributed by atoms with Crippen LogP contribution >= 0.6 is 0 Å². The fourth-order valence-corrected chi connectivity index (χ4v) is 2.10. The number of benzene rings is 2. The Labute approximate surface area is 124 Å². The molecule has 2 aromatic rings. The van der Waals surface area contributed by atoms with Gasteiger partial charge >= 0.3 is 6.03 Å². The predicted octanol–water partition coefficient (Wildman–Crippen LogP) is 3.37. The summed E-state index contributed by atoms with van der Waals surface area (Å²) in [5.41, 5.74) is 3.79. The van der Waals surface area contributed by atoms with Gasteiger partial charge in [-0.3, -0.25) is 0 Å². The molecule has 2 rings (SSSR count). The van der Waals surface area contributed by atoms with E-state index in [0.717, 1.165) is 12.0 Å². The molecule has 4 heteroatoms. The molecule has 0 spiro atoms. The maximum absolute atomic E-state index is 11.8. The number of rotatable bonds is 4. The molecule has 0 aliphatic carbocycles. The SMILES string of the molecule is Cc1cccc(CCNC(=O)Nc2cc(C)ccc2O)c1. The number of phenols is 1. The number of anilines is 1. The van der Waals surface area contributed by atoms with Crippen LogP contribution in [0.15, 0.2) is 42.5 Å². The Balaban J connectivity index is 1.84. The Bertz CT molecular complexity index is 638. The van der Waals surface area contributed by atoms with Crippen molar-refractivity contribution in [1.29, 1.82) is 0 Å². The molecular weight excluding hydrogens is 264 g/mol. The normalized spacial score (nSPS) is 10.2. The van der Waals surface area contributed by atoms with Crippen LogP contribution in [0.1, 0.15) is 16.7 Å². The minimum Gasteiger partial charge on any atom is -0.506 e. The number of carbonyl (C=O) groups is 1. The molecule has 0 radical (unpaired) electrons. The number of aryl methyl sites for hydroxylation is 2. The molecule has 0 heterocycles. The molecule has 110 valence electrons. The van der Waals surface area contributed by atoms with Crippen molar-refractivity contribution in [3.05, 3.63) is 59.2 Å². The number of phenolic OH excluding ortho intramolecular Hbond substituents is 1. The molecule has 21 heavy (non-hydrogen) atoms. The summed E-state index contributed by atoms with van der Waals surface area (Å²) >= 11 is 0. The highest BCUT2D eigenvalue weighted by Crippen LogP contribution is 2.23. The lowest BCUT2D eigenvalue weighted by Gasteiger charge is -2.10. The van der Waals surface area contributed by atoms with Gasteiger partial charge in [0.1, 0.15) is 5.75 Å². The molecule has 0 aromatic heterocycles. The van der Waals surface area contributed by atoms with Crippen LogP contribution in [0, 0.1) is 13.8 Å². The van der Waals surface area contributed by atoms with E-state index in [0.29, 0.717) is 12.2 Å².